The van der Waals surface area contributed by atoms with Crippen LogP contribution in [0, 0.1) is 0 Å². The van der Waals surface area contributed by atoms with Gasteiger partial charge in [0.05, 0.1) is 5.69 Å². The monoisotopic (exact) mass is 365 g/mol. The minimum Gasteiger partial charge on any atom is -0.326 e. The zero-order valence-corrected chi connectivity index (χ0v) is 15.2. The Morgan fingerprint density at radius 3 is 2.11 bits per heavy atom. The molecule has 0 unspecified atom stereocenters. The molecule has 136 valence electrons. The van der Waals surface area contributed by atoms with Crippen LogP contribution in [0.15, 0.2) is 108 Å². The molecule has 4 nitrogen and oxygen atoms in total. The Kier molecular flexibility index (Phi) is 5.11. The lowest BCUT2D eigenvalue weighted by atomic mass is 10.1. The van der Waals surface area contributed by atoms with E-state index in [0.29, 0.717) is 11.5 Å². The molecule has 0 aliphatic heterocycles. The Hall–Kier alpha value is -3.92. The van der Waals surface area contributed by atoms with Gasteiger partial charge in [0, 0.05) is 16.6 Å². The highest BCUT2D eigenvalue weighted by Gasteiger charge is 2.10. The van der Waals surface area contributed by atoms with Crippen LogP contribution in [-0.4, -0.2) is 11.9 Å². The van der Waals surface area contributed by atoms with E-state index in [1.54, 1.807) is 12.1 Å². The molecule has 0 spiro atoms. The molecule has 28 heavy (non-hydrogen) atoms. The average Bonchev–Trinajstić information content (AvgIpc) is 2.75. The minimum absolute atomic E-state index is 0.219. The molecule has 4 aromatic rings. The Bertz CT molecular complexity index is 1120. The quantitative estimate of drug-likeness (QED) is 0.379. The fraction of sp³-hybridized carbons (Fsp3) is 0. The van der Waals surface area contributed by atoms with Gasteiger partial charge in [0.1, 0.15) is 0 Å². The summed E-state index contributed by atoms with van der Waals surface area (Å²) < 4.78 is 0. The van der Waals surface area contributed by atoms with Crippen molar-refractivity contribution in [2.45, 2.75) is 0 Å². The normalized spacial score (nSPS) is 11.2. The summed E-state index contributed by atoms with van der Waals surface area (Å²) in [4.78, 5) is 17.4. The highest BCUT2D eigenvalue weighted by Crippen LogP contribution is 2.25. The number of anilines is 1. The van der Waals surface area contributed by atoms with E-state index in [4.69, 9.17) is 4.99 Å². The maximum Gasteiger partial charge on any atom is 0.257 e. The van der Waals surface area contributed by atoms with Crippen molar-refractivity contribution in [2.75, 3.05) is 5.32 Å². The van der Waals surface area contributed by atoms with Crippen LogP contribution in [-0.2, 0) is 0 Å². The van der Waals surface area contributed by atoms with E-state index < -0.39 is 0 Å². The zero-order valence-electron chi connectivity index (χ0n) is 15.2. The number of fused-ring (bicyclic) bond motifs is 1. The predicted octanol–water partition coefficient (Wildman–Crippen LogP) is 5.37. The molecule has 0 saturated heterocycles. The van der Waals surface area contributed by atoms with Crippen molar-refractivity contribution in [3.05, 3.63) is 109 Å². The van der Waals surface area contributed by atoms with Gasteiger partial charge in [-0.15, -0.1) is 0 Å². The summed E-state index contributed by atoms with van der Waals surface area (Å²) in [6.07, 6.45) is 0. The van der Waals surface area contributed by atoms with Crippen LogP contribution in [0.4, 0.5) is 11.4 Å². The molecule has 0 aliphatic rings. The molecule has 4 rings (SSSR count). The maximum atomic E-state index is 12.7. The van der Waals surface area contributed by atoms with Crippen LogP contribution < -0.4 is 10.6 Å². The smallest absolute Gasteiger partial charge is 0.257 e. The lowest BCUT2D eigenvalue weighted by Gasteiger charge is -2.12. The number of para-hydroxylation sites is 1. The number of carbonyl (C=O) groups is 1. The molecule has 2 N–H and O–H groups in total. The second kappa shape index (κ2) is 8.18. The standard InChI is InChI=1S/C24H19N3O/c28-23(19-11-3-1-4-12-19)27-24(25-20-14-5-2-6-15-20)26-22-17-9-13-18-10-7-8-16-21(18)22/h1-17H,(H2,25,26,27,28). The van der Waals surface area contributed by atoms with Gasteiger partial charge >= 0.3 is 0 Å². The molecule has 1 amide bonds. The van der Waals surface area contributed by atoms with Gasteiger partial charge in [0.15, 0.2) is 0 Å². The second-order valence-electron chi connectivity index (χ2n) is 6.27. The first-order valence-corrected chi connectivity index (χ1v) is 9.04. The molecule has 0 saturated carbocycles. The first-order chi connectivity index (χ1) is 13.8. The SMILES string of the molecule is O=C(NC(=Nc1cccc2ccccc12)Nc1ccccc1)c1ccccc1. The van der Waals surface area contributed by atoms with Crippen molar-refractivity contribution in [3.63, 3.8) is 0 Å². The highest BCUT2D eigenvalue weighted by molar-refractivity contribution is 6.11. The molecule has 4 aromatic carbocycles. The third-order valence-corrected chi connectivity index (χ3v) is 4.30. The van der Waals surface area contributed by atoms with Crippen molar-refractivity contribution in [1.82, 2.24) is 5.32 Å². The number of hydrogen-bond acceptors (Lipinski definition) is 2. The molecule has 0 radical (unpaired) electrons. The van der Waals surface area contributed by atoms with Crippen LogP contribution in [0.1, 0.15) is 10.4 Å². The van der Waals surface area contributed by atoms with E-state index in [-0.39, 0.29) is 5.91 Å². The number of rotatable bonds is 3. The summed E-state index contributed by atoms with van der Waals surface area (Å²) in [6.45, 7) is 0. The maximum absolute atomic E-state index is 12.7. The zero-order chi connectivity index (χ0) is 19.2. The van der Waals surface area contributed by atoms with Gasteiger partial charge in [-0.3, -0.25) is 10.1 Å². The Morgan fingerprint density at radius 2 is 1.32 bits per heavy atom. The third kappa shape index (κ3) is 4.07. The van der Waals surface area contributed by atoms with E-state index in [2.05, 4.69) is 10.6 Å². The number of nitrogens with zero attached hydrogens (tertiary/aromatic N) is 1. The van der Waals surface area contributed by atoms with E-state index in [9.17, 15) is 4.79 Å². The Balaban J connectivity index is 1.71. The van der Waals surface area contributed by atoms with E-state index >= 15 is 0 Å². The van der Waals surface area contributed by atoms with Crippen LogP contribution in [0.3, 0.4) is 0 Å². The topological polar surface area (TPSA) is 53.5 Å². The summed E-state index contributed by atoms with van der Waals surface area (Å²) in [5.74, 6) is 0.152. The predicted molar refractivity (Wildman–Crippen MR) is 115 cm³/mol. The fourth-order valence-corrected chi connectivity index (χ4v) is 2.94. The molecule has 4 heteroatoms. The first kappa shape index (κ1) is 17.5. The Labute approximate surface area is 163 Å². The van der Waals surface area contributed by atoms with E-state index in [1.165, 1.54) is 0 Å². The largest absolute Gasteiger partial charge is 0.326 e. The summed E-state index contributed by atoms with van der Waals surface area (Å²) in [5.41, 5.74) is 2.20. The highest BCUT2D eigenvalue weighted by atomic mass is 16.1. The minimum atomic E-state index is -0.219. The molecule has 0 aliphatic carbocycles. The second-order valence-corrected chi connectivity index (χ2v) is 6.27. The van der Waals surface area contributed by atoms with Gasteiger partial charge in [-0.05, 0) is 35.7 Å². The number of guanidine groups is 1. The molecule has 0 atom stereocenters. The first-order valence-electron chi connectivity index (χ1n) is 9.04. The molecule has 0 heterocycles. The number of carbonyl (C=O) groups excluding carboxylic acids is 1. The van der Waals surface area contributed by atoms with Crippen molar-refractivity contribution in [3.8, 4) is 0 Å². The van der Waals surface area contributed by atoms with Crippen molar-refractivity contribution in [2.24, 2.45) is 4.99 Å². The van der Waals surface area contributed by atoms with E-state index in [1.807, 2.05) is 91.0 Å². The van der Waals surface area contributed by atoms with Gasteiger partial charge in [-0.2, -0.15) is 0 Å². The molecule has 0 fully saturated rings. The van der Waals surface area contributed by atoms with Gasteiger partial charge < -0.3 is 5.32 Å². The van der Waals surface area contributed by atoms with Crippen molar-refractivity contribution >= 4 is 34.0 Å². The third-order valence-electron chi connectivity index (χ3n) is 4.30. The van der Waals surface area contributed by atoms with Crippen molar-refractivity contribution in [1.29, 1.82) is 0 Å². The van der Waals surface area contributed by atoms with Crippen LogP contribution in [0.25, 0.3) is 10.8 Å². The van der Waals surface area contributed by atoms with Gasteiger partial charge in [0.2, 0.25) is 5.96 Å². The summed E-state index contributed by atoms with van der Waals surface area (Å²) in [5, 5.41) is 8.22. The summed E-state index contributed by atoms with van der Waals surface area (Å²) >= 11 is 0. The van der Waals surface area contributed by atoms with Gasteiger partial charge in [-0.1, -0.05) is 72.8 Å². The Morgan fingerprint density at radius 1 is 0.679 bits per heavy atom. The number of benzene rings is 4. The molecular formula is C24H19N3O. The van der Waals surface area contributed by atoms with Crippen LogP contribution in [0.5, 0.6) is 0 Å². The lowest BCUT2D eigenvalue weighted by Crippen LogP contribution is -2.35. The molecule has 0 bridgehead atoms. The number of hydrogen-bond donors (Lipinski definition) is 2. The number of aliphatic imine (C=N–C) groups is 1. The molecular weight excluding hydrogens is 346 g/mol. The van der Waals surface area contributed by atoms with Gasteiger partial charge in [-0.25, -0.2) is 4.99 Å². The summed E-state index contributed by atoms with van der Waals surface area (Å²) in [6, 6.07) is 32.7. The number of nitrogens with one attached hydrogen (secondary N) is 2. The molecule has 0 aromatic heterocycles. The fourth-order valence-electron chi connectivity index (χ4n) is 2.94. The van der Waals surface area contributed by atoms with E-state index in [0.717, 1.165) is 22.1 Å². The van der Waals surface area contributed by atoms with Crippen LogP contribution in [0.2, 0.25) is 0 Å². The van der Waals surface area contributed by atoms with Gasteiger partial charge in [0.25, 0.3) is 5.91 Å². The number of amides is 1. The van der Waals surface area contributed by atoms with Crippen LogP contribution >= 0.6 is 0 Å². The lowest BCUT2D eigenvalue weighted by molar-refractivity contribution is 0.0977. The van der Waals surface area contributed by atoms with Crippen molar-refractivity contribution < 1.29 is 4.79 Å². The average molecular weight is 365 g/mol. The summed E-state index contributed by atoms with van der Waals surface area (Å²) in [7, 11) is 0.